The SMILES string of the molecule is CCN1CCN(CC(O)C2Cc3ccccc3CN2)C(=O)c2ccc(C(=O)N3CCC4(CC3)CC(N(C)C)C4)cc21.Cl. The van der Waals surface area contributed by atoms with Crippen LogP contribution in [0.15, 0.2) is 42.5 Å². The first-order valence-electron chi connectivity index (χ1n) is 15.4. The summed E-state index contributed by atoms with van der Waals surface area (Å²) in [5, 5.41) is 14.6. The van der Waals surface area contributed by atoms with E-state index in [2.05, 4.69) is 48.3 Å². The number of piperidine rings is 1. The van der Waals surface area contributed by atoms with Crippen LogP contribution < -0.4 is 10.2 Å². The summed E-state index contributed by atoms with van der Waals surface area (Å²) in [6.45, 7) is 6.64. The average molecular weight is 596 g/mol. The van der Waals surface area contributed by atoms with Crippen LogP contribution in [0.5, 0.6) is 0 Å². The molecule has 1 saturated heterocycles. The third kappa shape index (κ3) is 5.91. The maximum atomic E-state index is 13.8. The Kier molecular flexibility index (Phi) is 9.19. The number of aliphatic hydroxyl groups is 1. The summed E-state index contributed by atoms with van der Waals surface area (Å²) in [4.78, 5) is 35.6. The molecule has 2 amide bonds. The molecule has 42 heavy (non-hydrogen) atoms. The van der Waals surface area contributed by atoms with Gasteiger partial charge in [0.25, 0.3) is 11.8 Å². The summed E-state index contributed by atoms with van der Waals surface area (Å²) in [5.41, 5.74) is 5.03. The van der Waals surface area contributed by atoms with Gasteiger partial charge in [0.1, 0.15) is 0 Å². The molecule has 2 N–H and O–H groups in total. The Morgan fingerprint density at radius 3 is 2.43 bits per heavy atom. The number of rotatable bonds is 6. The summed E-state index contributed by atoms with van der Waals surface area (Å²) in [5.74, 6) is -0.0135. The number of aliphatic hydroxyl groups excluding tert-OH is 1. The highest BCUT2D eigenvalue weighted by Gasteiger charge is 2.47. The number of nitrogens with zero attached hydrogens (tertiary/aromatic N) is 4. The maximum Gasteiger partial charge on any atom is 0.256 e. The van der Waals surface area contributed by atoms with Gasteiger partial charge in [0.05, 0.1) is 17.4 Å². The lowest BCUT2D eigenvalue weighted by Gasteiger charge is -2.54. The second-order valence-corrected chi connectivity index (χ2v) is 12.9. The molecule has 2 atom stereocenters. The number of fused-ring (bicyclic) bond motifs is 2. The van der Waals surface area contributed by atoms with Crippen molar-refractivity contribution in [3.8, 4) is 0 Å². The summed E-state index contributed by atoms with van der Waals surface area (Å²) < 4.78 is 0. The van der Waals surface area contributed by atoms with E-state index in [4.69, 9.17) is 0 Å². The van der Waals surface area contributed by atoms with Crippen molar-refractivity contribution in [3.05, 3.63) is 64.7 Å². The Morgan fingerprint density at radius 2 is 1.74 bits per heavy atom. The minimum absolute atomic E-state index is 0. The number of hydrogen-bond acceptors (Lipinski definition) is 6. The summed E-state index contributed by atoms with van der Waals surface area (Å²) in [6.07, 6.45) is 4.71. The highest BCUT2D eigenvalue weighted by molar-refractivity contribution is 6.03. The first-order chi connectivity index (χ1) is 19.8. The molecule has 3 aliphatic heterocycles. The summed E-state index contributed by atoms with van der Waals surface area (Å²) in [6, 6.07) is 14.5. The Bertz CT molecular complexity index is 1290. The number of carbonyl (C=O) groups is 2. The fourth-order valence-electron chi connectivity index (χ4n) is 7.43. The molecule has 2 aromatic carbocycles. The minimum Gasteiger partial charge on any atom is -0.390 e. The van der Waals surface area contributed by atoms with E-state index in [0.717, 1.165) is 51.1 Å². The van der Waals surface area contributed by atoms with E-state index in [-0.39, 0.29) is 36.8 Å². The van der Waals surface area contributed by atoms with Crippen molar-refractivity contribution in [1.29, 1.82) is 0 Å². The van der Waals surface area contributed by atoms with Gasteiger partial charge in [-0.3, -0.25) is 9.59 Å². The number of nitrogens with one attached hydrogen (secondary N) is 1. The highest BCUT2D eigenvalue weighted by atomic mass is 35.5. The van der Waals surface area contributed by atoms with Crippen LogP contribution in [0.4, 0.5) is 5.69 Å². The van der Waals surface area contributed by atoms with Crippen LogP contribution in [-0.2, 0) is 13.0 Å². The molecule has 4 aliphatic rings. The lowest BCUT2D eigenvalue weighted by molar-refractivity contribution is -0.0231. The van der Waals surface area contributed by atoms with E-state index >= 15 is 0 Å². The van der Waals surface area contributed by atoms with Crippen LogP contribution in [0.2, 0.25) is 0 Å². The van der Waals surface area contributed by atoms with Gasteiger partial charge < -0.3 is 30.0 Å². The number of amides is 2. The van der Waals surface area contributed by atoms with E-state index in [9.17, 15) is 14.7 Å². The zero-order valence-corrected chi connectivity index (χ0v) is 26.0. The molecule has 6 rings (SSSR count). The van der Waals surface area contributed by atoms with Gasteiger partial charge in [0.15, 0.2) is 0 Å². The predicted octanol–water partition coefficient (Wildman–Crippen LogP) is 3.41. The third-order valence-electron chi connectivity index (χ3n) is 10.3. The van der Waals surface area contributed by atoms with Crippen molar-refractivity contribution in [1.82, 2.24) is 20.0 Å². The van der Waals surface area contributed by atoms with Crippen molar-refractivity contribution in [2.45, 2.75) is 63.8 Å². The van der Waals surface area contributed by atoms with Crippen LogP contribution in [0.3, 0.4) is 0 Å². The van der Waals surface area contributed by atoms with Gasteiger partial charge in [0.2, 0.25) is 0 Å². The summed E-state index contributed by atoms with van der Waals surface area (Å²) in [7, 11) is 4.32. The van der Waals surface area contributed by atoms with Crippen LogP contribution in [0, 0.1) is 5.41 Å². The fourth-order valence-corrected chi connectivity index (χ4v) is 7.43. The molecule has 1 saturated carbocycles. The van der Waals surface area contributed by atoms with E-state index < -0.39 is 6.10 Å². The Labute approximate surface area is 256 Å². The number of carbonyl (C=O) groups excluding carboxylic acids is 2. The van der Waals surface area contributed by atoms with Gasteiger partial charge in [-0.2, -0.15) is 0 Å². The van der Waals surface area contributed by atoms with Crippen LogP contribution >= 0.6 is 12.4 Å². The largest absolute Gasteiger partial charge is 0.390 e. The van der Waals surface area contributed by atoms with Crippen molar-refractivity contribution >= 4 is 29.9 Å². The lowest BCUT2D eigenvalue weighted by Crippen LogP contribution is -2.54. The molecule has 3 heterocycles. The maximum absolute atomic E-state index is 13.8. The van der Waals surface area contributed by atoms with Gasteiger partial charge in [-0.25, -0.2) is 0 Å². The van der Waals surface area contributed by atoms with Crippen molar-refractivity contribution in [3.63, 3.8) is 0 Å². The summed E-state index contributed by atoms with van der Waals surface area (Å²) >= 11 is 0. The molecule has 0 radical (unpaired) electrons. The number of likely N-dealkylation sites (tertiary alicyclic amines) is 1. The standard InChI is InChI=1S/C33H45N5O3.ClH/c1-4-36-15-16-38(22-30(39)28-17-23-7-5-6-8-25(23)21-34-28)32(41)27-10-9-24(18-29(27)36)31(40)37-13-11-33(12-14-37)19-26(20-33)35(2)3;/h5-10,18,26,28,30,34,39H,4,11-17,19-22H2,1-3H3;1H. The van der Waals surface area contributed by atoms with Gasteiger partial charge in [-0.1, -0.05) is 24.3 Å². The van der Waals surface area contributed by atoms with Crippen molar-refractivity contribution < 1.29 is 14.7 Å². The number of β-amino-alcohol motifs (C(OH)–C–C–N with tert-alkyl or cyclic N) is 1. The molecular weight excluding hydrogens is 550 g/mol. The molecule has 8 nitrogen and oxygen atoms in total. The fraction of sp³-hybridized carbons (Fsp3) is 0.576. The topological polar surface area (TPSA) is 79.4 Å². The van der Waals surface area contributed by atoms with Crippen LogP contribution in [-0.4, -0.2) is 103 Å². The van der Waals surface area contributed by atoms with Crippen LogP contribution in [0.25, 0.3) is 0 Å². The van der Waals surface area contributed by atoms with Crippen molar-refractivity contribution in [2.75, 3.05) is 58.3 Å². The molecule has 0 bridgehead atoms. The first kappa shape index (κ1) is 30.8. The number of hydrogen-bond donors (Lipinski definition) is 2. The average Bonchev–Trinajstić information content (AvgIpc) is 3.10. The van der Waals surface area contributed by atoms with E-state index in [1.807, 2.05) is 35.2 Å². The molecule has 2 unspecified atom stereocenters. The molecule has 2 aromatic rings. The quantitative estimate of drug-likeness (QED) is 0.533. The van der Waals surface area contributed by atoms with Gasteiger partial charge in [-0.05, 0) is 87.9 Å². The van der Waals surface area contributed by atoms with E-state index in [1.54, 1.807) is 4.90 Å². The van der Waals surface area contributed by atoms with Crippen molar-refractivity contribution in [2.24, 2.45) is 5.41 Å². The predicted molar refractivity (Wildman–Crippen MR) is 169 cm³/mol. The molecule has 1 aliphatic carbocycles. The molecule has 9 heteroatoms. The molecule has 0 aromatic heterocycles. The molecule has 228 valence electrons. The smallest absolute Gasteiger partial charge is 0.256 e. The number of halogens is 1. The molecule has 2 fully saturated rings. The number of anilines is 1. The zero-order valence-electron chi connectivity index (χ0n) is 25.2. The Morgan fingerprint density at radius 1 is 1.05 bits per heavy atom. The van der Waals surface area contributed by atoms with Crippen LogP contribution in [0.1, 0.15) is 64.4 Å². The molecular formula is C33H46ClN5O3. The zero-order chi connectivity index (χ0) is 28.7. The third-order valence-corrected chi connectivity index (χ3v) is 10.3. The molecule has 1 spiro atoms. The minimum atomic E-state index is -0.671. The van der Waals surface area contributed by atoms with E-state index in [1.165, 1.54) is 24.0 Å². The van der Waals surface area contributed by atoms with Gasteiger partial charge in [-0.15, -0.1) is 12.4 Å². The second kappa shape index (κ2) is 12.5. The number of benzene rings is 2. The number of likely N-dealkylation sites (N-methyl/N-ethyl adjacent to an activating group) is 1. The monoisotopic (exact) mass is 595 g/mol. The normalized spacial score (nSPS) is 22.6. The Balaban J connectivity index is 0.00000353. The lowest BCUT2D eigenvalue weighted by atomic mass is 9.60. The van der Waals surface area contributed by atoms with Gasteiger partial charge in [0, 0.05) is 63.5 Å². The van der Waals surface area contributed by atoms with E-state index in [0.29, 0.717) is 35.7 Å². The highest BCUT2D eigenvalue weighted by Crippen LogP contribution is 2.50. The Hall–Kier alpha value is -2.65. The van der Waals surface area contributed by atoms with Gasteiger partial charge >= 0.3 is 0 Å². The second-order valence-electron chi connectivity index (χ2n) is 12.9. The first-order valence-corrected chi connectivity index (χ1v) is 15.4.